The molecule has 2 aromatic rings. The lowest BCUT2D eigenvalue weighted by atomic mass is 10.2. The van der Waals surface area contributed by atoms with Crippen LogP contribution < -0.4 is 21.1 Å². The fourth-order valence-electron chi connectivity index (χ4n) is 1.82. The van der Waals surface area contributed by atoms with Gasteiger partial charge >= 0.3 is 12.4 Å². The molecule has 2 amide bonds. The Labute approximate surface area is 150 Å². The number of benzene rings is 2. The summed E-state index contributed by atoms with van der Waals surface area (Å²) < 4.78 is 40.0. The topological polar surface area (TPSA) is 76.4 Å². The highest BCUT2D eigenvalue weighted by molar-refractivity contribution is 6.39. The van der Waals surface area contributed by atoms with Crippen molar-refractivity contribution in [2.24, 2.45) is 0 Å². The van der Waals surface area contributed by atoms with Crippen LogP contribution in [-0.4, -0.2) is 12.4 Å². The van der Waals surface area contributed by atoms with Gasteiger partial charge in [-0.15, -0.1) is 13.2 Å². The van der Waals surface area contributed by atoms with Crippen LogP contribution in [0.25, 0.3) is 0 Å². The maximum Gasteiger partial charge on any atom is 0.573 e. The molecule has 0 spiro atoms. The third kappa shape index (κ3) is 5.91. The van der Waals surface area contributed by atoms with Gasteiger partial charge in [0.2, 0.25) is 0 Å². The molecule has 0 heterocycles. The molecule has 0 atom stereocenters. The molecular formula is C15H12Cl2F3N3O2. The van der Waals surface area contributed by atoms with E-state index in [2.05, 4.69) is 15.4 Å². The number of alkyl halides is 3. The first kappa shape index (κ1) is 19.0. The average Bonchev–Trinajstić information content (AvgIpc) is 2.50. The van der Waals surface area contributed by atoms with Crippen LogP contribution in [0.15, 0.2) is 36.4 Å². The van der Waals surface area contributed by atoms with E-state index in [9.17, 15) is 18.0 Å². The maximum absolute atomic E-state index is 12.1. The van der Waals surface area contributed by atoms with Crippen LogP contribution in [0.3, 0.4) is 0 Å². The van der Waals surface area contributed by atoms with Gasteiger partial charge < -0.3 is 21.1 Å². The number of hydrogen-bond acceptors (Lipinski definition) is 3. The van der Waals surface area contributed by atoms with Gasteiger partial charge in [0, 0.05) is 12.2 Å². The zero-order valence-electron chi connectivity index (χ0n) is 12.5. The average molecular weight is 394 g/mol. The number of carbonyl (C=O) groups excluding carboxylic acids is 1. The molecular weight excluding hydrogens is 382 g/mol. The predicted octanol–water partition coefficient (Wildman–Crippen LogP) is 4.80. The number of amides is 2. The van der Waals surface area contributed by atoms with Gasteiger partial charge in [0.15, 0.2) is 0 Å². The van der Waals surface area contributed by atoms with E-state index in [1.807, 2.05) is 0 Å². The molecule has 0 aliphatic rings. The van der Waals surface area contributed by atoms with Crippen molar-refractivity contribution in [3.05, 3.63) is 52.0 Å². The Balaban J connectivity index is 1.90. The van der Waals surface area contributed by atoms with Crippen molar-refractivity contribution >= 4 is 40.6 Å². The minimum atomic E-state index is -4.75. The van der Waals surface area contributed by atoms with Gasteiger partial charge in [0.25, 0.3) is 0 Å². The highest BCUT2D eigenvalue weighted by Crippen LogP contribution is 2.31. The largest absolute Gasteiger partial charge is 0.573 e. The van der Waals surface area contributed by atoms with E-state index in [0.29, 0.717) is 11.3 Å². The number of carbonyl (C=O) groups is 1. The fourth-order valence-corrected chi connectivity index (χ4v) is 2.31. The van der Waals surface area contributed by atoms with Gasteiger partial charge in [-0.1, -0.05) is 35.3 Å². The number of halogens is 5. The number of anilines is 2. The van der Waals surface area contributed by atoms with E-state index in [0.717, 1.165) is 12.1 Å². The van der Waals surface area contributed by atoms with Crippen LogP contribution in [-0.2, 0) is 6.54 Å². The fraction of sp³-hybridized carbons (Fsp3) is 0.133. The third-order valence-electron chi connectivity index (χ3n) is 2.95. The normalized spacial score (nSPS) is 11.1. The van der Waals surface area contributed by atoms with E-state index in [-0.39, 0.29) is 28.0 Å². The molecule has 0 radical (unpaired) electrons. The minimum Gasteiger partial charge on any atom is -0.406 e. The summed E-state index contributed by atoms with van der Waals surface area (Å²) in [5, 5.41) is 5.45. The standard InChI is InChI=1S/C15H12Cl2F3N3O2/c16-11-5-9(6-12(17)13(11)21)23-14(24)22-7-8-1-3-10(4-2-8)25-15(18,19)20/h1-6H,7,21H2,(H2,22,23,24). The molecule has 0 bridgehead atoms. The smallest absolute Gasteiger partial charge is 0.406 e. The van der Waals surface area contributed by atoms with Crippen molar-refractivity contribution in [2.45, 2.75) is 12.9 Å². The minimum absolute atomic E-state index is 0.0918. The molecule has 134 valence electrons. The number of urea groups is 1. The summed E-state index contributed by atoms with van der Waals surface area (Å²) >= 11 is 11.7. The van der Waals surface area contributed by atoms with Crippen LogP contribution in [0.2, 0.25) is 10.0 Å². The molecule has 0 aromatic heterocycles. The van der Waals surface area contributed by atoms with Crippen LogP contribution in [0.1, 0.15) is 5.56 Å². The van der Waals surface area contributed by atoms with Gasteiger partial charge in [-0.05, 0) is 29.8 Å². The predicted molar refractivity (Wildman–Crippen MR) is 89.9 cm³/mol. The zero-order valence-corrected chi connectivity index (χ0v) is 14.0. The number of ether oxygens (including phenoxy) is 1. The number of hydrogen-bond donors (Lipinski definition) is 3. The lowest BCUT2D eigenvalue weighted by Gasteiger charge is -2.11. The van der Waals surface area contributed by atoms with Crippen LogP contribution >= 0.6 is 23.2 Å². The second-order valence-electron chi connectivity index (χ2n) is 4.85. The van der Waals surface area contributed by atoms with Gasteiger partial charge in [0.1, 0.15) is 5.75 Å². The van der Waals surface area contributed by atoms with Gasteiger partial charge in [-0.3, -0.25) is 0 Å². The van der Waals surface area contributed by atoms with E-state index in [4.69, 9.17) is 28.9 Å². The Bertz CT molecular complexity index is 745. The molecule has 25 heavy (non-hydrogen) atoms. The summed E-state index contributed by atoms with van der Waals surface area (Å²) in [4.78, 5) is 11.8. The SMILES string of the molecule is Nc1c(Cl)cc(NC(=O)NCc2ccc(OC(F)(F)F)cc2)cc1Cl. The van der Waals surface area contributed by atoms with Crippen molar-refractivity contribution in [2.75, 3.05) is 11.1 Å². The monoisotopic (exact) mass is 393 g/mol. The van der Waals surface area contributed by atoms with Crippen molar-refractivity contribution < 1.29 is 22.7 Å². The van der Waals surface area contributed by atoms with E-state index in [1.165, 1.54) is 24.3 Å². The summed E-state index contributed by atoms with van der Waals surface area (Å²) in [5.41, 5.74) is 6.72. The maximum atomic E-state index is 12.1. The van der Waals surface area contributed by atoms with Gasteiger partial charge in [0.05, 0.1) is 15.7 Å². The van der Waals surface area contributed by atoms with Crippen LogP contribution in [0, 0.1) is 0 Å². The molecule has 2 aromatic carbocycles. The Morgan fingerprint density at radius 1 is 1.12 bits per heavy atom. The molecule has 0 saturated heterocycles. The van der Waals surface area contributed by atoms with Crippen LogP contribution in [0.4, 0.5) is 29.3 Å². The van der Waals surface area contributed by atoms with Crippen molar-refractivity contribution in [1.82, 2.24) is 5.32 Å². The molecule has 0 saturated carbocycles. The van der Waals surface area contributed by atoms with Crippen molar-refractivity contribution in [1.29, 1.82) is 0 Å². The number of nitrogens with two attached hydrogens (primary N) is 1. The lowest BCUT2D eigenvalue weighted by molar-refractivity contribution is -0.274. The highest BCUT2D eigenvalue weighted by Gasteiger charge is 2.30. The summed E-state index contributed by atoms with van der Waals surface area (Å²) in [5.74, 6) is -0.341. The second-order valence-corrected chi connectivity index (χ2v) is 5.67. The van der Waals surface area contributed by atoms with Crippen molar-refractivity contribution in [3.8, 4) is 5.75 Å². The van der Waals surface area contributed by atoms with E-state index in [1.54, 1.807) is 0 Å². The molecule has 0 unspecified atom stereocenters. The molecule has 2 rings (SSSR count). The first-order valence-electron chi connectivity index (χ1n) is 6.78. The number of nitrogens with one attached hydrogen (secondary N) is 2. The Morgan fingerprint density at radius 3 is 2.20 bits per heavy atom. The lowest BCUT2D eigenvalue weighted by Crippen LogP contribution is -2.28. The summed E-state index contributed by atoms with van der Waals surface area (Å²) in [7, 11) is 0. The number of nitrogen functional groups attached to an aromatic ring is 1. The summed E-state index contributed by atoms with van der Waals surface area (Å²) in [6, 6.07) is 7.44. The summed E-state index contributed by atoms with van der Waals surface area (Å²) in [6.45, 7) is 0.0918. The molecule has 0 aliphatic heterocycles. The second kappa shape index (κ2) is 7.71. The van der Waals surface area contributed by atoms with E-state index >= 15 is 0 Å². The van der Waals surface area contributed by atoms with Crippen molar-refractivity contribution in [3.63, 3.8) is 0 Å². The Morgan fingerprint density at radius 2 is 1.68 bits per heavy atom. The first-order valence-corrected chi connectivity index (χ1v) is 7.54. The first-order chi connectivity index (χ1) is 11.6. The van der Waals surface area contributed by atoms with Gasteiger partial charge in [-0.2, -0.15) is 0 Å². The molecule has 4 N–H and O–H groups in total. The summed E-state index contributed by atoms with van der Waals surface area (Å²) in [6.07, 6.45) is -4.75. The van der Waals surface area contributed by atoms with Crippen LogP contribution in [0.5, 0.6) is 5.75 Å². The molecule has 5 nitrogen and oxygen atoms in total. The Kier molecular flexibility index (Phi) is 5.86. The van der Waals surface area contributed by atoms with Gasteiger partial charge in [-0.25, -0.2) is 4.79 Å². The molecule has 0 fully saturated rings. The number of rotatable bonds is 4. The molecule has 0 aliphatic carbocycles. The zero-order chi connectivity index (χ0) is 18.6. The third-order valence-corrected chi connectivity index (χ3v) is 3.57. The highest BCUT2D eigenvalue weighted by atomic mass is 35.5. The van der Waals surface area contributed by atoms with E-state index < -0.39 is 12.4 Å². The Hall–Kier alpha value is -2.32. The quantitative estimate of drug-likeness (QED) is 0.653. The molecule has 10 heteroatoms.